The first-order valence-electron chi connectivity index (χ1n) is 9.22. The van der Waals surface area contributed by atoms with Crippen molar-refractivity contribution >= 4 is 11.7 Å². The molecule has 138 valence electrons. The Morgan fingerprint density at radius 2 is 2.00 bits per heavy atom. The SMILES string of the molecule is CC(=O)NC1CC(c2cc(N3CCC(c4noc(C)n4)CC3)ncn2)C1. The van der Waals surface area contributed by atoms with Gasteiger partial charge >= 0.3 is 0 Å². The highest BCUT2D eigenvalue weighted by molar-refractivity contribution is 5.73. The van der Waals surface area contributed by atoms with Crippen molar-refractivity contribution in [3.63, 3.8) is 0 Å². The highest BCUT2D eigenvalue weighted by Crippen LogP contribution is 2.37. The van der Waals surface area contributed by atoms with Gasteiger partial charge in [-0.2, -0.15) is 4.98 Å². The van der Waals surface area contributed by atoms with Crippen LogP contribution >= 0.6 is 0 Å². The molecule has 2 fully saturated rings. The molecule has 26 heavy (non-hydrogen) atoms. The number of carbonyl (C=O) groups is 1. The second-order valence-electron chi connectivity index (χ2n) is 7.30. The number of piperidine rings is 1. The van der Waals surface area contributed by atoms with Gasteiger partial charge < -0.3 is 14.7 Å². The summed E-state index contributed by atoms with van der Waals surface area (Å²) in [6, 6.07) is 2.39. The Morgan fingerprint density at radius 1 is 1.23 bits per heavy atom. The highest BCUT2D eigenvalue weighted by Gasteiger charge is 2.32. The molecule has 2 aromatic rings. The summed E-state index contributed by atoms with van der Waals surface area (Å²) >= 11 is 0. The molecule has 0 unspecified atom stereocenters. The van der Waals surface area contributed by atoms with E-state index in [1.54, 1.807) is 13.3 Å². The molecule has 2 aliphatic rings. The van der Waals surface area contributed by atoms with Crippen LogP contribution in [0.4, 0.5) is 5.82 Å². The monoisotopic (exact) mass is 356 g/mol. The lowest BCUT2D eigenvalue weighted by atomic mass is 9.78. The number of carbonyl (C=O) groups excluding carboxylic acids is 1. The van der Waals surface area contributed by atoms with Gasteiger partial charge in [-0.15, -0.1) is 0 Å². The third kappa shape index (κ3) is 3.54. The molecule has 0 atom stereocenters. The van der Waals surface area contributed by atoms with Crippen LogP contribution in [0.2, 0.25) is 0 Å². The number of nitrogens with one attached hydrogen (secondary N) is 1. The van der Waals surface area contributed by atoms with E-state index in [9.17, 15) is 4.79 Å². The van der Waals surface area contributed by atoms with Crippen LogP contribution in [-0.2, 0) is 4.79 Å². The molecule has 1 aliphatic heterocycles. The maximum Gasteiger partial charge on any atom is 0.223 e. The molecule has 1 saturated heterocycles. The van der Waals surface area contributed by atoms with E-state index in [1.165, 1.54) is 0 Å². The van der Waals surface area contributed by atoms with Crippen molar-refractivity contribution in [3.05, 3.63) is 29.8 Å². The number of hydrogen-bond donors (Lipinski definition) is 1. The van der Waals surface area contributed by atoms with Crippen LogP contribution in [0.5, 0.6) is 0 Å². The van der Waals surface area contributed by atoms with Crippen LogP contribution in [0.3, 0.4) is 0 Å². The van der Waals surface area contributed by atoms with Crippen molar-refractivity contribution in [1.82, 2.24) is 25.4 Å². The Balaban J connectivity index is 1.35. The highest BCUT2D eigenvalue weighted by atomic mass is 16.5. The Labute approximate surface area is 152 Å². The first-order valence-corrected chi connectivity index (χ1v) is 9.22. The van der Waals surface area contributed by atoms with Gasteiger partial charge in [-0.1, -0.05) is 5.16 Å². The summed E-state index contributed by atoms with van der Waals surface area (Å²) in [5, 5.41) is 7.03. The van der Waals surface area contributed by atoms with E-state index in [-0.39, 0.29) is 11.9 Å². The van der Waals surface area contributed by atoms with E-state index in [0.717, 1.165) is 56.1 Å². The van der Waals surface area contributed by atoms with E-state index in [2.05, 4.69) is 36.4 Å². The summed E-state index contributed by atoms with van der Waals surface area (Å²) in [6.07, 6.45) is 5.55. The van der Waals surface area contributed by atoms with Crippen LogP contribution < -0.4 is 10.2 Å². The van der Waals surface area contributed by atoms with Crippen molar-refractivity contribution < 1.29 is 9.32 Å². The Bertz CT molecular complexity index is 777. The van der Waals surface area contributed by atoms with E-state index in [0.29, 0.717) is 17.7 Å². The fourth-order valence-corrected chi connectivity index (χ4v) is 3.87. The average molecular weight is 356 g/mol. The number of amides is 1. The van der Waals surface area contributed by atoms with Gasteiger partial charge in [-0.25, -0.2) is 9.97 Å². The first-order chi connectivity index (χ1) is 12.6. The van der Waals surface area contributed by atoms with Crippen LogP contribution in [-0.4, -0.2) is 45.1 Å². The van der Waals surface area contributed by atoms with Crippen LogP contribution in [0, 0.1) is 6.92 Å². The lowest BCUT2D eigenvalue weighted by Crippen LogP contribution is -2.42. The van der Waals surface area contributed by atoms with Crippen molar-refractivity contribution in [3.8, 4) is 0 Å². The smallest absolute Gasteiger partial charge is 0.223 e. The molecule has 0 aromatic carbocycles. The summed E-state index contributed by atoms with van der Waals surface area (Å²) in [6.45, 7) is 5.24. The molecule has 8 nitrogen and oxygen atoms in total. The van der Waals surface area contributed by atoms with Gasteiger partial charge in [0.25, 0.3) is 0 Å². The summed E-state index contributed by atoms with van der Waals surface area (Å²) in [4.78, 5) is 26.7. The minimum Gasteiger partial charge on any atom is -0.356 e. The molecule has 1 amide bonds. The van der Waals surface area contributed by atoms with Crippen LogP contribution in [0.1, 0.15) is 61.9 Å². The molecule has 3 heterocycles. The molecule has 1 N–H and O–H groups in total. The van der Waals surface area contributed by atoms with Gasteiger partial charge in [0.05, 0.1) is 0 Å². The Morgan fingerprint density at radius 3 is 2.65 bits per heavy atom. The van der Waals surface area contributed by atoms with E-state index >= 15 is 0 Å². The number of aromatic nitrogens is 4. The van der Waals surface area contributed by atoms with E-state index in [4.69, 9.17) is 4.52 Å². The Hall–Kier alpha value is -2.51. The summed E-state index contributed by atoms with van der Waals surface area (Å²) in [5.41, 5.74) is 1.08. The molecule has 0 spiro atoms. The summed E-state index contributed by atoms with van der Waals surface area (Å²) in [5.74, 6) is 3.24. The second-order valence-corrected chi connectivity index (χ2v) is 7.30. The van der Waals surface area contributed by atoms with Crippen LogP contribution in [0.15, 0.2) is 16.9 Å². The zero-order chi connectivity index (χ0) is 18.1. The van der Waals surface area contributed by atoms with Gasteiger partial charge in [-0.05, 0) is 25.7 Å². The first kappa shape index (κ1) is 16.9. The fraction of sp³-hybridized carbons (Fsp3) is 0.611. The molecular formula is C18H24N6O2. The van der Waals surface area contributed by atoms with Crippen molar-refractivity contribution in [2.45, 2.75) is 57.4 Å². The van der Waals surface area contributed by atoms with Gasteiger partial charge in [0.2, 0.25) is 11.8 Å². The maximum absolute atomic E-state index is 11.1. The normalized spacial score (nSPS) is 23.5. The molecule has 1 saturated carbocycles. The molecule has 0 radical (unpaired) electrons. The second kappa shape index (κ2) is 7.01. The molecule has 8 heteroatoms. The topological polar surface area (TPSA) is 97.0 Å². The van der Waals surface area contributed by atoms with Crippen LogP contribution in [0.25, 0.3) is 0 Å². The van der Waals surface area contributed by atoms with Gasteiger partial charge in [0, 0.05) is 56.6 Å². The van der Waals surface area contributed by atoms with Crippen molar-refractivity contribution in [2.75, 3.05) is 18.0 Å². The zero-order valence-corrected chi connectivity index (χ0v) is 15.2. The largest absolute Gasteiger partial charge is 0.356 e. The minimum atomic E-state index is 0.0384. The number of nitrogens with zero attached hydrogens (tertiary/aromatic N) is 5. The number of hydrogen-bond acceptors (Lipinski definition) is 7. The average Bonchev–Trinajstić information content (AvgIpc) is 3.04. The fourth-order valence-electron chi connectivity index (χ4n) is 3.87. The molecule has 4 rings (SSSR count). The van der Waals surface area contributed by atoms with Gasteiger partial charge in [0.1, 0.15) is 12.1 Å². The van der Waals surface area contributed by atoms with E-state index < -0.39 is 0 Å². The predicted octanol–water partition coefficient (Wildman–Crippen LogP) is 1.93. The van der Waals surface area contributed by atoms with Gasteiger partial charge in [0.15, 0.2) is 5.82 Å². The molecule has 1 aliphatic carbocycles. The quantitative estimate of drug-likeness (QED) is 0.894. The molecule has 0 bridgehead atoms. The number of anilines is 1. The lowest BCUT2D eigenvalue weighted by molar-refractivity contribution is -0.120. The molecule has 2 aromatic heterocycles. The minimum absolute atomic E-state index is 0.0384. The standard InChI is InChI=1S/C18H24N6O2/c1-11(25)21-15-7-14(8-15)16-9-17(20-10-19-16)24-5-3-13(4-6-24)18-22-12(2)26-23-18/h9-10,13-15H,3-8H2,1-2H3,(H,21,25). The molecular weight excluding hydrogens is 332 g/mol. The zero-order valence-electron chi connectivity index (χ0n) is 15.2. The summed E-state index contributed by atoms with van der Waals surface area (Å²) < 4.78 is 5.10. The lowest BCUT2D eigenvalue weighted by Gasteiger charge is -2.36. The Kier molecular flexibility index (Phi) is 4.57. The third-order valence-corrected chi connectivity index (χ3v) is 5.36. The number of aryl methyl sites for hydroxylation is 1. The van der Waals surface area contributed by atoms with Gasteiger partial charge in [-0.3, -0.25) is 4.79 Å². The van der Waals surface area contributed by atoms with E-state index in [1.807, 2.05) is 6.92 Å². The van der Waals surface area contributed by atoms with Crippen molar-refractivity contribution in [2.24, 2.45) is 0 Å². The third-order valence-electron chi connectivity index (χ3n) is 5.36. The maximum atomic E-state index is 11.1. The predicted molar refractivity (Wildman–Crippen MR) is 94.8 cm³/mol. The summed E-state index contributed by atoms with van der Waals surface area (Å²) in [7, 11) is 0. The number of rotatable bonds is 4. The van der Waals surface area contributed by atoms with Crippen molar-refractivity contribution in [1.29, 1.82) is 0 Å².